The maximum atomic E-state index is 6.22. The summed E-state index contributed by atoms with van der Waals surface area (Å²) in [4.78, 5) is 2.49. The topological polar surface area (TPSA) is 24.5 Å². The van der Waals surface area contributed by atoms with Crippen molar-refractivity contribution in [3.05, 3.63) is 28.8 Å². The molecule has 4 heteroatoms. The van der Waals surface area contributed by atoms with E-state index in [2.05, 4.69) is 37.9 Å². The number of hydrogen-bond donors (Lipinski definition) is 1. The van der Waals surface area contributed by atoms with E-state index in [4.69, 9.17) is 16.3 Å². The quantitative estimate of drug-likeness (QED) is 0.781. The van der Waals surface area contributed by atoms with Gasteiger partial charge in [0.05, 0.1) is 13.2 Å². The summed E-state index contributed by atoms with van der Waals surface area (Å²) in [5.41, 5.74) is 1.11. The molecule has 2 atom stereocenters. The average molecular weight is 313 g/mol. The minimum atomic E-state index is -0.00376. The van der Waals surface area contributed by atoms with E-state index in [0.29, 0.717) is 0 Å². The monoisotopic (exact) mass is 312 g/mol. The van der Waals surface area contributed by atoms with Gasteiger partial charge in [-0.1, -0.05) is 32.4 Å². The number of ether oxygens (including phenoxy) is 1. The van der Waals surface area contributed by atoms with E-state index in [-0.39, 0.29) is 11.6 Å². The molecule has 1 rings (SSSR count). The van der Waals surface area contributed by atoms with E-state index in [1.54, 1.807) is 7.11 Å². The summed E-state index contributed by atoms with van der Waals surface area (Å²) in [5, 5.41) is 4.22. The van der Waals surface area contributed by atoms with Gasteiger partial charge in [-0.15, -0.1) is 0 Å². The number of nitrogens with zero attached hydrogens (tertiary/aromatic N) is 1. The summed E-state index contributed by atoms with van der Waals surface area (Å²) < 4.78 is 5.55. The number of benzene rings is 1. The lowest BCUT2D eigenvalue weighted by Gasteiger charge is -2.46. The van der Waals surface area contributed by atoms with Crippen LogP contribution in [0.15, 0.2) is 18.2 Å². The van der Waals surface area contributed by atoms with Gasteiger partial charge in [0, 0.05) is 16.1 Å². The first kappa shape index (κ1) is 18.3. The van der Waals surface area contributed by atoms with Crippen LogP contribution in [0, 0.1) is 0 Å². The summed E-state index contributed by atoms with van der Waals surface area (Å²) in [5.74, 6) is 0.880. The van der Waals surface area contributed by atoms with Crippen molar-refractivity contribution in [1.29, 1.82) is 0 Å². The Kier molecular flexibility index (Phi) is 6.98. The van der Waals surface area contributed by atoms with Crippen LogP contribution in [0.1, 0.15) is 45.7 Å². The Bertz CT molecular complexity index is 448. The van der Waals surface area contributed by atoms with Crippen LogP contribution in [0.25, 0.3) is 0 Å². The molecule has 0 aliphatic heterocycles. The SMILES string of the molecule is CCN(CC)C(C)(CC)C(NC)c1cc(Cl)ccc1OC. The first-order chi connectivity index (χ1) is 9.98. The fourth-order valence-electron chi connectivity index (χ4n) is 3.29. The summed E-state index contributed by atoms with van der Waals surface area (Å²) in [6.07, 6.45) is 1.04. The molecule has 0 spiro atoms. The first-order valence-corrected chi connectivity index (χ1v) is 8.11. The van der Waals surface area contributed by atoms with Crippen molar-refractivity contribution in [3.8, 4) is 5.75 Å². The Labute approximate surface area is 134 Å². The van der Waals surface area contributed by atoms with Crippen LogP contribution < -0.4 is 10.1 Å². The zero-order valence-corrected chi connectivity index (χ0v) is 14.9. The van der Waals surface area contributed by atoms with Crippen molar-refractivity contribution < 1.29 is 4.74 Å². The smallest absolute Gasteiger partial charge is 0.123 e. The van der Waals surface area contributed by atoms with Gasteiger partial charge in [-0.3, -0.25) is 4.90 Å². The summed E-state index contributed by atoms with van der Waals surface area (Å²) in [7, 11) is 3.71. The lowest BCUT2D eigenvalue weighted by atomic mass is 9.82. The molecule has 0 bridgehead atoms. The van der Waals surface area contributed by atoms with Gasteiger partial charge in [0.2, 0.25) is 0 Å². The molecule has 0 heterocycles. The normalized spacial score (nSPS) is 15.8. The molecule has 1 N–H and O–H groups in total. The predicted octanol–water partition coefficient (Wildman–Crippen LogP) is 4.12. The first-order valence-electron chi connectivity index (χ1n) is 7.74. The van der Waals surface area contributed by atoms with E-state index < -0.39 is 0 Å². The number of nitrogens with one attached hydrogen (secondary N) is 1. The maximum absolute atomic E-state index is 6.22. The molecule has 0 saturated heterocycles. The van der Waals surface area contributed by atoms with Crippen molar-refractivity contribution >= 4 is 11.6 Å². The molecule has 2 unspecified atom stereocenters. The molecule has 120 valence electrons. The maximum Gasteiger partial charge on any atom is 0.123 e. The Morgan fingerprint density at radius 2 is 1.90 bits per heavy atom. The second kappa shape index (κ2) is 8.02. The minimum absolute atomic E-state index is 0.00376. The molecular weight excluding hydrogens is 284 g/mol. The van der Waals surface area contributed by atoms with Gasteiger partial charge in [-0.05, 0) is 51.7 Å². The van der Waals surface area contributed by atoms with Gasteiger partial charge < -0.3 is 10.1 Å². The van der Waals surface area contributed by atoms with Gasteiger partial charge in [0.25, 0.3) is 0 Å². The fraction of sp³-hybridized carbons (Fsp3) is 0.647. The third kappa shape index (κ3) is 3.71. The molecular formula is C17H29ClN2O. The van der Waals surface area contributed by atoms with Gasteiger partial charge in [0.15, 0.2) is 0 Å². The number of hydrogen-bond acceptors (Lipinski definition) is 3. The standard InChI is InChI=1S/C17H29ClN2O/c1-7-17(4,20(8-2)9-3)16(19-5)14-12-13(18)10-11-15(14)21-6/h10-12,16,19H,7-9H2,1-6H3. The van der Waals surface area contributed by atoms with Crippen molar-refractivity contribution in [2.75, 3.05) is 27.2 Å². The Morgan fingerprint density at radius 3 is 2.33 bits per heavy atom. The van der Waals surface area contributed by atoms with Gasteiger partial charge in [-0.2, -0.15) is 0 Å². The Hall–Kier alpha value is -0.770. The highest BCUT2D eigenvalue weighted by molar-refractivity contribution is 6.30. The van der Waals surface area contributed by atoms with Crippen LogP contribution in [0.2, 0.25) is 5.02 Å². The molecule has 0 fully saturated rings. The van der Waals surface area contributed by atoms with Crippen LogP contribution >= 0.6 is 11.6 Å². The van der Waals surface area contributed by atoms with Crippen LogP contribution in [0.5, 0.6) is 5.75 Å². The molecule has 1 aromatic rings. The lowest BCUT2D eigenvalue weighted by Crippen LogP contribution is -2.53. The van der Waals surface area contributed by atoms with E-state index in [1.165, 1.54) is 0 Å². The highest BCUT2D eigenvalue weighted by Crippen LogP contribution is 2.39. The van der Waals surface area contributed by atoms with Crippen molar-refractivity contribution in [2.24, 2.45) is 0 Å². The van der Waals surface area contributed by atoms with Crippen LogP contribution in [0.3, 0.4) is 0 Å². The number of methoxy groups -OCH3 is 1. The second-order valence-corrected chi connectivity index (χ2v) is 5.93. The third-order valence-corrected chi connectivity index (χ3v) is 4.85. The van der Waals surface area contributed by atoms with Gasteiger partial charge >= 0.3 is 0 Å². The second-order valence-electron chi connectivity index (χ2n) is 5.49. The number of halogens is 1. The fourth-order valence-corrected chi connectivity index (χ4v) is 3.47. The highest BCUT2D eigenvalue weighted by Gasteiger charge is 2.38. The van der Waals surface area contributed by atoms with Gasteiger partial charge in [0.1, 0.15) is 5.75 Å². The van der Waals surface area contributed by atoms with Crippen molar-refractivity contribution in [1.82, 2.24) is 10.2 Å². The lowest BCUT2D eigenvalue weighted by molar-refractivity contribution is 0.0718. The zero-order chi connectivity index (χ0) is 16.0. The number of likely N-dealkylation sites (N-methyl/N-ethyl adjacent to an activating group) is 2. The molecule has 1 aromatic carbocycles. The highest BCUT2D eigenvalue weighted by atomic mass is 35.5. The van der Waals surface area contributed by atoms with Crippen molar-refractivity contribution in [2.45, 2.75) is 45.7 Å². The largest absolute Gasteiger partial charge is 0.496 e. The van der Waals surface area contributed by atoms with Crippen molar-refractivity contribution in [3.63, 3.8) is 0 Å². The van der Waals surface area contributed by atoms with Crippen LogP contribution in [0.4, 0.5) is 0 Å². The third-order valence-electron chi connectivity index (χ3n) is 4.61. The predicted molar refractivity (Wildman–Crippen MR) is 91.4 cm³/mol. The van der Waals surface area contributed by atoms with E-state index >= 15 is 0 Å². The molecule has 21 heavy (non-hydrogen) atoms. The van der Waals surface area contributed by atoms with E-state index in [9.17, 15) is 0 Å². The summed E-state index contributed by atoms with van der Waals surface area (Å²) in [6.45, 7) is 11.0. The average Bonchev–Trinajstić information content (AvgIpc) is 2.49. The van der Waals surface area contributed by atoms with Gasteiger partial charge in [-0.25, -0.2) is 0 Å². The molecule has 0 aliphatic rings. The molecule has 0 aliphatic carbocycles. The van der Waals surface area contributed by atoms with Crippen LogP contribution in [-0.2, 0) is 0 Å². The summed E-state index contributed by atoms with van der Waals surface area (Å²) in [6, 6.07) is 5.98. The minimum Gasteiger partial charge on any atom is -0.496 e. The molecule has 0 amide bonds. The number of rotatable bonds is 8. The Balaban J connectivity index is 3.36. The molecule has 3 nitrogen and oxygen atoms in total. The van der Waals surface area contributed by atoms with E-state index in [0.717, 1.165) is 35.8 Å². The van der Waals surface area contributed by atoms with E-state index in [1.807, 2.05) is 25.2 Å². The zero-order valence-electron chi connectivity index (χ0n) is 14.2. The Morgan fingerprint density at radius 1 is 1.29 bits per heavy atom. The molecule has 0 saturated carbocycles. The molecule has 0 radical (unpaired) electrons. The summed E-state index contributed by atoms with van der Waals surface area (Å²) >= 11 is 6.22. The molecule has 0 aromatic heterocycles. The van der Waals surface area contributed by atoms with Crippen LogP contribution in [-0.4, -0.2) is 37.7 Å².